The van der Waals surface area contributed by atoms with E-state index in [1.807, 2.05) is 30.3 Å². The lowest BCUT2D eigenvalue weighted by molar-refractivity contribution is 0.101. The van der Waals surface area contributed by atoms with Crippen LogP contribution in [0.3, 0.4) is 0 Å². The van der Waals surface area contributed by atoms with Gasteiger partial charge in [0.2, 0.25) is 0 Å². The molecular weight excluding hydrogens is 488 g/mol. The number of Topliss-reactive ketones (excluding diaryl/α,β-unsaturated/α-hetero) is 1. The van der Waals surface area contributed by atoms with Crippen LogP contribution in [0.25, 0.3) is 0 Å². The summed E-state index contributed by atoms with van der Waals surface area (Å²) in [7, 11) is -2.55. The van der Waals surface area contributed by atoms with E-state index in [9.17, 15) is 18.0 Å². The van der Waals surface area contributed by atoms with Crippen molar-refractivity contribution >= 4 is 33.1 Å². The lowest BCUT2D eigenvalue weighted by atomic mass is 10.1. The average Bonchev–Trinajstić information content (AvgIpc) is 2.92. The van der Waals surface area contributed by atoms with Gasteiger partial charge in [0.15, 0.2) is 5.78 Å². The minimum absolute atomic E-state index is 0.0206. The molecule has 1 N–H and O–H groups in total. The molecule has 188 valence electrons. The Morgan fingerprint density at radius 1 is 0.811 bits per heavy atom. The number of para-hydroxylation sites is 1. The van der Waals surface area contributed by atoms with Gasteiger partial charge in [0.25, 0.3) is 15.9 Å². The molecule has 4 rings (SSSR count). The smallest absolute Gasteiger partial charge is 0.264 e. The maximum absolute atomic E-state index is 13.9. The van der Waals surface area contributed by atoms with Crippen LogP contribution in [-0.2, 0) is 16.6 Å². The number of ketones is 1. The molecule has 0 aliphatic carbocycles. The zero-order valence-electron chi connectivity index (χ0n) is 20.4. The van der Waals surface area contributed by atoms with E-state index in [4.69, 9.17) is 4.74 Å². The Kier molecular flexibility index (Phi) is 7.69. The van der Waals surface area contributed by atoms with Crippen molar-refractivity contribution < 1.29 is 22.7 Å². The molecule has 0 bridgehead atoms. The predicted octanol–water partition coefficient (Wildman–Crippen LogP) is 5.55. The first-order valence-electron chi connectivity index (χ1n) is 11.5. The van der Waals surface area contributed by atoms with Crippen LogP contribution in [0.4, 0.5) is 11.4 Å². The summed E-state index contributed by atoms with van der Waals surface area (Å²) < 4.78 is 34.2. The molecule has 0 spiro atoms. The molecule has 0 saturated carbocycles. The highest BCUT2D eigenvalue weighted by Gasteiger charge is 2.28. The van der Waals surface area contributed by atoms with Gasteiger partial charge < -0.3 is 10.1 Å². The summed E-state index contributed by atoms with van der Waals surface area (Å²) in [4.78, 5) is 25.0. The molecule has 4 aromatic carbocycles. The number of amides is 1. The van der Waals surface area contributed by atoms with Gasteiger partial charge in [0.05, 0.1) is 29.8 Å². The lowest BCUT2D eigenvalue weighted by Crippen LogP contribution is -2.32. The van der Waals surface area contributed by atoms with E-state index >= 15 is 0 Å². The minimum atomic E-state index is -4.06. The van der Waals surface area contributed by atoms with Crippen LogP contribution in [0.1, 0.15) is 33.2 Å². The zero-order chi connectivity index (χ0) is 26.4. The third-order valence-electron chi connectivity index (χ3n) is 5.78. The fourth-order valence-corrected chi connectivity index (χ4v) is 5.27. The molecule has 0 saturated heterocycles. The summed E-state index contributed by atoms with van der Waals surface area (Å²) in [6.07, 6.45) is 0. The Morgan fingerprint density at radius 3 is 2.05 bits per heavy atom. The monoisotopic (exact) mass is 514 g/mol. The summed E-state index contributed by atoms with van der Waals surface area (Å²) >= 11 is 0. The van der Waals surface area contributed by atoms with Gasteiger partial charge in [0.1, 0.15) is 5.75 Å². The van der Waals surface area contributed by atoms with E-state index in [0.717, 1.165) is 5.56 Å². The van der Waals surface area contributed by atoms with Crippen LogP contribution in [0.5, 0.6) is 5.75 Å². The fourth-order valence-electron chi connectivity index (χ4n) is 3.79. The van der Waals surface area contributed by atoms with Crippen LogP contribution in [-0.4, -0.2) is 27.2 Å². The van der Waals surface area contributed by atoms with Gasteiger partial charge in [-0.05, 0) is 73.2 Å². The Hall–Kier alpha value is -4.43. The molecule has 0 fully saturated rings. The molecule has 1 amide bonds. The first kappa shape index (κ1) is 25.7. The number of ether oxygens (including phenoxy) is 1. The first-order valence-corrected chi connectivity index (χ1v) is 13.0. The molecule has 37 heavy (non-hydrogen) atoms. The number of sulfonamides is 1. The summed E-state index contributed by atoms with van der Waals surface area (Å²) in [6, 6.07) is 28.4. The van der Waals surface area contributed by atoms with Crippen LogP contribution < -0.4 is 14.4 Å². The normalized spacial score (nSPS) is 11.0. The molecule has 0 aromatic heterocycles. The van der Waals surface area contributed by atoms with Gasteiger partial charge in [-0.15, -0.1) is 0 Å². The summed E-state index contributed by atoms with van der Waals surface area (Å²) in [5.74, 6) is -0.0261. The maximum atomic E-state index is 13.9. The molecule has 4 aromatic rings. The van der Waals surface area contributed by atoms with Gasteiger partial charge in [-0.2, -0.15) is 0 Å². The average molecular weight is 515 g/mol. The Morgan fingerprint density at radius 2 is 1.43 bits per heavy atom. The number of anilines is 2. The van der Waals surface area contributed by atoms with Crippen molar-refractivity contribution in [2.75, 3.05) is 16.7 Å². The Balaban J connectivity index is 1.74. The zero-order valence-corrected chi connectivity index (χ0v) is 21.2. The summed E-state index contributed by atoms with van der Waals surface area (Å²) in [5.41, 5.74) is 2.19. The van der Waals surface area contributed by atoms with Gasteiger partial charge in [-0.1, -0.05) is 42.5 Å². The third kappa shape index (κ3) is 5.87. The fraction of sp³-hybridized carbons (Fsp3) is 0.103. The van der Waals surface area contributed by atoms with Gasteiger partial charge in [-0.3, -0.25) is 13.9 Å². The first-order chi connectivity index (χ1) is 17.8. The lowest BCUT2D eigenvalue weighted by Gasteiger charge is -2.26. The summed E-state index contributed by atoms with van der Waals surface area (Å²) in [6.45, 7) is 1.49. The number of nitrogens with zero attached hydrogens (tertiary/aromatic N) is 1. The second-order valence-electron chi connectivity index (χ2n) is 8.28. The van der Waals surface area contributed by atoms with Crippen molar-refractivity contribution in [2.45, 2.75) is 18.4 Å². The van der Waals surface area contributed by atoms with E-state index in [0.29, 0.717) is 17.0 Å². The predicted molar refractivity (Wildman–Crippen MR) is 144 cm³/mol. The quantitative estimate of drug-likeness (QED) is 0.296. The van der Waals surface area contributed by atoms with Crippen LogP contribution in [0.15, 0.2) is 108 Å². The van der Waals surface area contributed by atoms with Crippen molar-refractivity contribution in [1.29, 1.82) is 0 Å². The van der Waals surface area contributed by atoms with Gasteiger partial charge in [0, 0.05) is 11.3 Å². The molecule has 8 heteroatoms. The SMILES string of the molecule is COc1ccc(S(=O)(=O)N(Cc2ccccc2)c2ccccc2C(=O)Nc2ccc(C(C)=O)cc2)cc1. The van der Waals surface area contributed by atoms with E-state index in [2.05, 4.69) is 5.32 Å². The number of hydrogen-bond donors (Lipinski definition) is 1. The van der Waals surface area contributed by atoms with Crippen molar-refractivity contribution in [1.82, 2.24) is 0 Å². The standard InChI is InChI=1S/C29H26N2O5S/c1-21(32)23-12-14-24(15-13-23)30-29(33)27-10-6-7-11-28(27)31(20-22-8-4-3-5-9-22)37(34,35)26-18-16-25(36-2)17-19-26/h3-19H,20H2,1-2H3,(H,30,33). The highest BCUT2D eigenvalue weighted by atomic mass is 32.2. The molecule has 0 unspecified atom stereocenters. The number of carbonyl (C=O) groups is 2. The van der Waals surface area contributed by atoms with Gasteiger partial charge in [-0.25, -0.2) is 8.42 Å². The summed E-state index contributed by atoms with van der Waals surface area (Å²) in [5, 5.41) is 2.80. The number of benzene rings is 4. The number of hydrogen-bond acceptors (Lipinski definition) is 5. The number of rotatable bonds is 9. The van der Waals surface area contributed by atoms with Crippen molar-refractivity contribution in [3.8, 4) is 5.75 Å². The van der Waals surface area contributed by atoms with Crippen molar-refractivity contribution in [3.63, 3.8) is 0 Å². The van der Waals surface area contributed by atoms with E-state index in [-0.39, 0.29) is 28.5 Å². The highest BCUT2D eigenvalue weighted by molar-refractivity contribution is 7.92. The topological polar surface area (TPSA) is 92.8 Å². The second-order valence-corrected chi connectivity index (χ2v) is 10.1. The van der Waals surface area contributed by atoms with Crippen LogP contribution in [0.2, 0.25) is 0 Å². The Bertz CT molecular complexity index is 1500. The minimum Gasteiger partial charge on any atom is -0.497 e. The van der Waals surface area contributed by atoms with Gasteiger partial charge >= 0.3 is 0 Å². The second kappa shape index (κ2) is 11.1. The van der Waals surface area contributed by atoms with Crippen LogP contribution in [0, 0.1) is 0 Å². The van der Waals surface area contributed by atoms with Crippen molar-refractivity contribution in [3.05, 3.63) is 120 Å². The highest BCUT2D eigenvalue weighted by Crippen LogP contribution is 2.30. The van der Waals surface area contributed by atoms with E-state index in [1.54, 1.807) is 60.7 Å². The van der Waals surface area contributed by atoms with E-state index < -0.39 is 15.9 Å². The molecule has 7 nitrogen and oxygen atoms in total. The van der Waals surface area contributed by atoms with Crippen molar-refractivity contribution in [2.24, 2.45) is 0 Å². The van der Waals surface area contributed by atoms with E-state index in [1.165, 1.54) is 30.5 Å². The van der Waals surface area contributed by atoms with Crippen LogP contribution >= 0.6 is 0 Å². The molecule has 0 aliphatic heterocycles. The number of nitrogens with one attached hydrogen (secondary N) is 1. The third-order valence-corrected chi connectivity index (χ3v) is 7.56. The molecule has 0 radical (unpaired) electrons. The Labute approximate surface area is 216 Å². The largest absolute Gasteiger partial charge is 0.497 e. The molecule has 0 heterocycles. The number of carbonyl (C=O) groups excluding carboxylic acids is 2. The molecular formula is C29H26N2O5S. The maximum Gasteiger partial charge on any atom is 0.264 e. The number of methoxy groups -OCH3 is 1. The molecule has 0 atom stereocenters. The molecule has 0 aliphatic rings.